The monoisotopic (exact) mass is 234 g/mol. The first-order valence-electron chi connectivity index (χ1n) is 6.02. The van der Waals surface area contributed by atoms with Gasteiger partial charge in [0.1, 0.15) is 0 Å². The van der Waals surface area contributed by atoms with Gasteiger partial charge in [0.15, 0.2) is 0 Å². The average Bonchev–Trinajstić information content (AvgIpc) is 2.40. The number of rotatable bonds is 3. The molecule has 2 rings (SSSR count). The van der Waals surface area contributed by atoms with Gasteiger partial charge in [-0.25, -0.2) is 4.79 Å². The molecule has 4 heteroatoms. The molecule has 1 aromatic carbocycles. The zero-order valence-corrected chi connectivity index (χ0v) is 10.1. The van der Waals surface area contributed by atoms with Gasteiger partial charge >= 0.3 is 5.97 Å². The lowest BCUT2D eigenvalue weighted by molar-refractivity contribution is -0.157. The van der Waals surface area contributed by atoms with Crippen molar-refractivity contribution >= 4 is 5.97 Å². The molecule has 17 heavy (non-hydrogen) atoms. The molecule has 1 unspecified atom stereocenters. The molecule has 0 radical (unpaired) electrons. The minimum atomic E-state index is -0.284. The van der Waals surface area contributed by atoms with Gasteiger partial charge in [0.25, 0.3) is 0 Å². The van der Waals surface area contributed by atoms with Crippen LogP contribution in [0.4, 0.5) is 0 Å². The van der Waals surface area contributed by atoms with E-state index >= 15 is 0 Å². The molecule has 0 amide bonds. The Hall–Kier alpha value is -1.39. The van der Waals surface area contributed by atoms with E-state index in [-0.39, 0.29) is 12.1 Å². The first-order chi connectivity index (χ1) is 8.31. The van der Waals surface area contributed by atoms with Gasteiger partial charge in [-0.3, -0.25) is 0 Å². The number of nitrogens with one attached hydrogen (secondary N) is 1. The molecule has 0 bridgehead atoms. The number of carbonyl (C=O) groups excluding carboxylic acids is 1. The first kappa shape index (κ1) is 12.1. The van der Waals surface area contributed by atoms with Gasteiger partial charge in [-0.15, -0.1) is 5.06 Å². The summed E-state index contributed by atoms with van der Waals surface area (Å²) >= 11 is 0. The Morgan fingerprint density at radius 2 is 2.12 bits per heavy atom. The van der Waals surface area contributed by atoms with E-state index in [4.69, 9.17) is 4.84 Å². The lowest BCUT2D eigenvalue weighted by Gasteiger charge is -2.33. The molecular weight excluding hydrogens is 216 g/mol. The summed E-state index contributed by atoms with van der Waals surface area (Å²) in [6.45, 7) is 0.796. The fraction of sp³-hybridized carbons (Fsp3) is 0.462. The average molecular weight is 234 g/mol. The fourth-order valence-electron chi connectivity index (χ4n) is 2.04. The molecule has 1 aliphatic heterocycles. The van der Waals surface area contributed by atoms with E-state index in [0.717, 1.165) is 19.4 Å². The van der Waals surface area contributed by atoms with Crippen molar-refractivity contribution in [3.8, 4) is 0 Å². The second-order valence-corrected chi connectivity index (χ2v) is 4.19. The van der Waals surface area contributed by atoms with Crippen molar-refractivity contribution in [2.24, 2.45) is 0 Å². The van der Waals surface area contributed by atoms with Crippen LogP contribution in [0, 0.1) is 0 Å². The summed E-state index contributed by atoms with van der Waals surface area (Å²) in [7, 11) is 1.89. The Labute approximate surface area is 102 Å². The second-order valence-electron chi connectivity index (χ2n) is 4.19. The number of benzene rings is 1. The van der Waals surface area contributed by atoms with Crippen LogP contribution in [0.5, 0.6) is 0 Å². The highest BCUT2D eigenvalue weighted by molar-refractivity contribution is 5.89. The Kier molecular flexibility index (Phi) is 4.12. The van der Waals surface area contributed by atoms with E-state index in [2.05, 4.69) is 5.32 Å². The van der Waals surface area contributed by atoms with Gasteiger partial charge in [-0.1, -0.05) is 18.2 Å². The highest BCUT2D eigenvalue weighted by Gasteiger charge is 2.24. The molecule has 1 N–H and O–H groups in total. The number of hydroxylamine groups is 2. The molecule has 1 atom stereocenters. The molecule has 1 aliphatic rings. The quantitative estimate of drug-likeness (QED) is 0.865. The van der Waals surface area contributed by atoms with Gasteiger partial charge in [0.05, 0.1) is 11.7 Å². The zero-order chi connectivity index (χ0) is 12.1. The van der Waals surface area contributed by atoms with E-state index in [1.165, 1.54) is 6.42 Å². The number of carbonyl (C=O) groups is 1. The van der Waals surface area contributed by atoms with Crippen LogP contribution in [0.1, 0.15) is 29.6 Å². The van der Waals surface area contributed by atoms with E-state index in [1.54, 1.807) is 17.2 Å². The van der Waals surface area contributed by atoms with E-state index in [0.29, 0.717) is 5.56 Å². The van der Waals surface area contributed by atoms with Crippen molar-refractivity contribution < 1.29 is 9.63 Å². The van der Waals surface area contributed by atoms with Crippen molar-refractivity contribution in [3.05, 3.63) is 35.9 Å². The molecule has 92 valence electrons. The number of nitrogens with zero attached hydrogens (tertiary/aromatic N) is 1. The highest BCUT2D eigenvalue weighted by Crippen LogP contribution is 2.16. The van der Waals surface area contributed by atoms with Crippen LogP contribution >= 0.6 is 0 Å². The third-order valence-electron chi connectivity index (χ3n) is 3.00. The maximum absolute atomic E-state index is 11.9. The van der Waals surface area contributed by atoms with Crippen molar-refractivity contribution in [2.45, 2.75) is 25.4 Å². The molecule has 1 aromatic rings. The minimum Gasteiger partial charge on any atom is -0.362 e. The van der Waals surface area contributed by atoms with Gasteiger partial charge in [-0.2, -0.15) is 0 Å². The summed E-state index contributed by atoms with van der Waals surface area (Å²) in [4.78, 5) is 17.3. The summed E-state index contributed by atoms with van der Waals surface area (Å²) in [6, 6.07) is 9.08. The Morgan fingerprint density at radius 1 is 1.35 bits per heavy atom. The molecule has 1 fully saturated rings. The maximum Gasteiger partial charge on any atom is 0.357 e. The predicted octanol–water partition coefficient (Wildman–Crippen LogP) is 1.79. The highest BCUT2D eigenvalue weighted by atomic mass is 16.7. The molecule has 0 saturated carbocycles. The minimum absolute atomic E-state index is 0.136. The van der Waals surface area contributed by atoms with Gasteiger partial charge in [0.2, 0.25) is 0 Å². The Bertz CT molecular complexity index is 367. The van der Waals surface area contributed by atoms with E-state index in [1.807, 2.05) is 25.2 Å². The fourth-order valence-corrected chi connectivity index (χ4v) is 2.04. The van der Waals surface area contributed by atoms with Gasteiger partial charge < -0.3 is 10.2 Å². The summed E-state index contributed by atoms with van der Waals surface area (Å²) in [5.41, 5.74) is 0.591. The Balaban J connectivity index is 1.98. The molecular formula is C13H18N2O2. The number of piperidine rings is 1. The third-order valence-corrected chi connectivity index (χ3v) is 3.00. The number of hydrogen-bond donors (Lipinski definition) is 1. The summed E-state index contributed by atoms with van der Waals surface area (Å²) < 4.78 is 0. The van der Waals surface area contributed by atoms with Crippen LogP contribution in [0.3, 0.4) is 0 Å². The summed E-state index contributed by atoms with van der Waals surface area (Å²) in [5.74, 6) is -0.284. The molecule has 1 heterocycles. The van der Waals surface area contributed by atoms with Crippen LogP contribution in [-0.2, 0) is 4.84 Å². The van der Waals surface area contributed by atoms with Crippen LogP contribution < -0.4 is 5.32 Å². The van der Waals surface area contributed by atoms with Crippen molar-refractivity contribution in [3.63, 3.8) is 0 Å². The maximum atomic E-state index is 11.9. The zero-order valence-electron chi connectivity index (χ0n) is 10.1. The van der Waals surface area contributed by atoms with Crippen LogP contribution in [-0.4, -0.2) is 30.8 Å². The second kappa shape index (κ2) is 5.80. The van der Waals surface area contributed by atoms with Crippen molar-refractivity contribution in [2.75, 3.05) is 13.6 Å². The van der Waals surface area contributed by atoms with E-state index in [9.17, 15) is 4.79 Å². The number of hydrogen-bond acceptors (Lipinski definition) is 4. The molecule has 1 saturated heterocycles. The summed E-state index contributed by atoms with van der Waals surface area (Å²) in [5, 5.41) is 4.91. The predicted molar refractivity (Wildman–Crippen MR) is 65.3 cm³/mol. The van der Waals surface area contributed by atoms with Crippen LogP contribution in [0.15, 0.2) is 30.3 Å². The lowest BCUT2D eigenvalue weighted by atomic mass is 10.1. The topological polar surface area (TPSA) is 41.6 Å². The molecule has 0 aliphatic carbocycles. The Morgan fingerprint density at radius 3 is 2.82 bits per heavy atom. The van der Waals surface area contributed by atoms with E-state index < -0.39 is 0 Å². The van der Waals surface area contributed by atoms with Crippen molar-refractivity contribution in [1.82, 2.24) is 10.4 Å². The molecule has 0 aromatic heterocycles. The smallest absolute Gasteiger partial charge is 0.357 e. The molecule has 0 spiro atoms. The van der Waals surface area contributed by atoms with Crippen molar-refractivity contribution in [1.29, 1.82) is 0 Å². The normalized spacial score (nSPS) is 21.1. The first-order valence-corrected chi connectivity index (χ1v) is 6.02. The molecule has 4 nitrogen and oxygen atoms in total. The standard InChI is InChI=1S/C13H18N2O2/c1-14-12-9-5-6-10-15(12)17-13(16)11-7-3-2-4-8-11/h2-4,7-8,12,14H,5-6,9-10H2,1H3. The largest absolute Gasteiger partial charge is 0.362 e. The third kappa shape index (κ3) is 3.05. The lowest BCUT2D eigenvalue weighted by Crippen LogP contribution is -2.47. The van der Waals surface area contributed by atoms with Crippen LogP contribution in [0.25, 0.3) is 0 Å². The SMILES string of the molecule is CNC1CCCCN1OC(=O)c1ccccc1. The van der Waals surface area contributed by atoms with Gasteiger partial charge in [0, 0.05) is 6.54 Å². The summed E-state index contributed by atoms with van der Waals surface area (Å²) in [6.07, 6.45) is 3.39. The van der Waals surface area contributed by atoms with Gasteiger partial charge in [-0.05, 0) is 38.4 Å². The van der Waals surface area contributed by atoms with Crippen LogP contribution in [0.2, 0.25) is 0 Å².